The maximum absolute atomic E-state index is 11.7. The molecule has 0 aliphatic carbocycles. The summed E-state index contributed by atoms with van der Waals surface area (Å²) in [4.78, 5) is 22.2. The van der Waals surface area contributed by atoms with Gasteiger partial charge in [0.05, 0.1) is 12.4 Å². The molecule has 6 heteroatoms. The fourth-order valence-corrected chi connectivity index (χ4v) is 2.25. The Bertz CT molecular complexity index is 451. The number of ether oxygens (including phenoxy) is 1. The van der Waals surface area contributed by atoms with Crippen molar-refractivity contribution in [1.82, 2.24) is 0 Å². The Balaban J connectivity index is 2.40. The lowest BCUT2D eigenvalue weighted by atomic mass is 10.1. The first-order valence-corrected chi connectivity index (χ1v) is 7.44. The zero-order valence-electron chi connectivity index (χ0n) is 11.4. The minimum atomic E-state index is -0.825. The number of hydrogen-bond acceptors (Lipinski definition) is 4. The van der Waals surface area contributed by atoms with Crippen LogP contribution in [0.25, 0.3) is 0 Å². The van der Waals surface area contributed by atoms with Crippen molar-refractivity contribution < 1.29 is 19.4 Å². The van der Waals surface area contributed by atoms with Crippen LogP contribution >= 0.6 is 11.8 Å². The third-order valence-corrected chi connectivity index (χ3v) is 3.42. The normalized spacial score (nSPS) is 10.2. The number of anilines is 1. The van der Waals surface area contributed by atoms with Gasteiger partial charge >= 0.3 is 5.97 Å². The number of carboxylic acids is 1. The molecule has 1 amide bonds. The van der Waals surface area contributed by atoms with Crippen molar-refractivity contribution in [3.05, 3.63) is 29.8 Å². The average molecular weight is 297 g/mol. The number of nitrogens with one attached hydrogen (secondary N) is 1. The van der Waals surface area contributed by atoms with Gasteiger partial charge in [-0.15, -0.1) is 11.8 Å². The molecule has 0 spiro atoms. The van der Waals surface area contributed by atoms with Crippen molar-refractivity contribution in [2.24, 2.45) is 0 Å². The van der Waals surface area contributed by atoms with Crippen LogP contribution in [0.15, 0.2) is 24.3 Å². The van der Waals surface area contributed by atoms with E-state index in [2.05, 4.69) is 5.32 Å². The van der Waals surface area contributed by atoms with E-state index in [1.807, 2.05) is 12.1 Å². The van der Waals surface area contributed by atoms with Crippen LogP contribution in [0.1, 0.15) is 12.0 Å². The zero-order chi connectivity index (χ0) is 14.8. The predicted molar refractivity (Wildman–Crippen MR) is 80.2 cm³/mol. The van der Waals surface area contributed by atoms with Gasteiger partial charge in [0.2, 0.25) is 5.91 Å². The number of methoxy groups -OCH3 is 1. The zero-order valence-corrected chi connectivity index (χ0v) is 12.2. The quantitative estimate of drug-likeness (QED) is 0.682. The van der Waals surface area contributed by atoms with Crippen molar-refractivity contribution in [3.8, 4) is 0 Å². The first-order valence-electron chi connectivity index (χ1n) is 6.29. The van der Waals surface area contributed by atoms with E-state index < -0.39 is 5.97 Å². The third-order valence-electron chi connectivity index (χ3n) is 2.50. The van der Waals surface area contributed by atoms with Gasteiger partial charge in [0, 0.05) is 25.0 Å². The highest BCUT2D eigenvalue weighted by molar-refractivity contribution is 7.99. The van der Waals surface area contributed by atoms with Gasteiger partial charge in [-0.3, -0.25) is 9.59 Å². The fourth-order valence-electron chi connectivity index (χ4n) is 1.56. The van der Waals surface area contributed by atoms with E-state index in [1.54, 1.807) is 19.2 Å². The van der Waals surface area contributed by atoms with Gasteiger partial charge in [-0.1, -0.05) is 12.1 Å². The van der Waals surface area contributed by atoms with E-state index in [0.717, 1.165) is 11.3 Å². The van der Waals surface area contributed by atoms with E-state index in [4.69, 9.17) is 9.84 Å². The highest BCUT2D eigenvalue weighted by atomic mass is 32.2. The monoisotopic (exact) mass is 297 g/mol. The second kappa shape index (κ2) is 9.39. The second-order valence-electron chi connectivity index (χ2n) is 4.19. The van der Waals surface area contributed by atoms with Gasteiger partial charge in [-0.05, 0) is 24.1 Å². The van der Waals surface area contributed by atoms with Crippen molar-refractivity contribution in [2.75, 3.05) is 30.5 Å². The van der Waals surface area contributed by atoms with Crippen LogP contribution in [0.4, 0.5) is 5.69 Å². The lowest BCUT2D eigenvalue weighted by Crippen LogP contribution is -2.15. The first-order chi connectivity index (χ1) is 9.61. The Morgan fingerprint density at radius 3 is 2.90 bits per heavy atom. The van der Waals surface area contributed by atoms with Gasteiger partial charge in [-0.2, -0.15) is 0 Å². The largest absolute Gasteiger partial charge is 0.481 e. The lowest BCUT2D eigenvalue weighted by molar-refractivity contribution is -0.137. The van der Waals surface area contributed by atoms with E-state index >= 15 is 0 Å². The molecule has 0 aliphatic rings. The minimum absolute atomic E-state index is 0.0681. The number of rotatable bonds is 9. The van der Waals surface area contributed by atoms with Gasteiger partial charge in [0.1, 0.15) is 0 Å². The van der Waals surface area contributed by atoms with Gasteiger partial charge in [-0.25, -0.2) is 0 Å². The standard InChI is InChI=1S/C14H19NO4S/c1-19-7-8-20-10-13(16)15-12-4-2-3-11(9-12)5-6-14(17)18/h2-4,9H,5-8,10H2,1H3,(H,15,16)(H,17,18). The molecule has 5 nitrogen and oxygen atoms in total. The van der Waals surface area contributed by atoms with Gasteiger partial charge in [0.25, 0.3) is 0 Å². The maximum atomic E-state index is 11.7. The fraction of sp³-hybridized carbons (Fsp3) is 0.429. The number of carbonyl (C=O) groups excluding carboxylic acids is 1. The number of carboxylic acid groups (broad SMARTS) is 1. The molecule has 0 aliphatic heterocycles. The molecule has 0 saturated carbocycles. The highest BCUT2D eigenvalue weighted by Crippen LogP contribution is 2.13. The minimum Gasteiger partial charge on any atom is -0.481 e. The molecule has 0 atom stereocenters. The number of aliphatic carboxylic acids is 1. The Morgan fingerprint density at radius 1 is 1.40 bits per heavy atom. The molecule has 0 fully saturated rings. The van der Waals surface area contributed by atoms with Crippen LogP contribution < -0.4 is 5.32 Å². The number of aryl methyl sites for hydroxylation is 1. The summed E-state index contributed by atoms with van der Waals surface area (Å²) in [5, 5.41) is 11.4. The van der Waals surface area contributed by atoms with Crippen molar-refractivity contribution >= 4 is 29.3 Å². The number of carbonyl (C=O) groups is 2. The number of hydrogen-bond donors (Lipinski definition) is 2. The summed E-state index contributed by atoms with van der Waals surface area (Å²) in [5.74, 6) is 0.265. The molecule has 110 valence electrons. The molecule has 0 heterocycles. The van der Waals surface area contributed by atoms with Crippen molar-refractivity contribution in [1.29, 1.82) is 0 Å². The Kier molecular flexibility index (Phi) is 7.75. The molecule has 0 unspecified atom stereocenters. The topological polar surface area (TPSA) is 75.6 Å². The third kappa shape index (κ3) is 7.16. The van der Waals surface area contributed by atoms with E-state index in [1.165, 1.54) is 11.8 Å². The van der Waals surface area contributed by atoms with Crippen molar-refractivity contribution in [3.63, 3.8) is 0 Å². The average Bonchev–Trinajstić information content (AvgIpc) is 2.42. The molecular weight excluding hydrogens is 278 g/mol. The molecule has 1 aromatic carbocycles. The Hall–Kier alpha value is -1.53. The summed E-state index contributed by atoms with van der Waals surface area (Å²) in [6.45, 7) is 0.628. The van der Waals surface area contributed by atoms with Gasteiger partial charge < -0.3 is 15.2 Å². The van der Waals surface area contributed by atoms with Crippen LogP contribution in [-0.4, -0.2) is 42.2 Å². The Morgan fingerprint density at radius 2 is 2.20 bits per heavy atom. The molecule has 0 saturated heterocycles. The molecule has 2 N–H and O–H groups in total. The Labute approximate surface area is 122 Å². The number of amides is 1. The van der Waals surface area contributed by atoms with Crippen LogP contribution in [0.3, 0.4) is 0 Å². The summed E-state index contributed by atoms with van der Waals surface area (Å²) < 4.78 is 4.90. The molecule has 1 rings (SSSR count). The lowest BCUT2D eigenvalue weighted by Gasteiger charge is -2.07. The van der Waals surface area contributed by atoms with Crippen LogP contribution in [0.5, 0.6) is 0 Å². The molecule has 20 heavy (non-hydrogen) atoms. The highest BCUT2D eigenvalue weighted by Gasteiger charge is 2.04. The number of thioether (sulfide) groups is 1. The van der Waals surface area contributed by atoms with E-state index in [9.17, 15) is 9.59 Å². The second-order valence-corrected chi connectivity index (χ2v) is 5.29. The summed E-state index contributed by atoms with van der Waals surface area (Å²) in [7, 11) is 1.63. The SMILES string of the molecule is COCCSCC(=O)Nc1cccc(CCC(=O)O)c1. The van der Waals surface area contributed by atoms with Crippen LogP contribution in [-0.2, 0) is 20.7 Å². The molecule has 0 radical (unpaired) electrons. The molecule has 0 aromatic heterocycles. The van der Waals surface area contributed by atoms with Crippen molar-refractivity contribution in [2.45, 2.75) is 12.8 Å². The maximum Gasteiger partial charge on any atom is 0.303 e. The van der Waals surface area contributed by atoms with Gasteiger partial charge in [0.15, 0.2) is 0 Å². The first kappa shape index (κ1) is 16.5. The predicted octanol–water partition coefficient (Wildman–Crippen LogP) is 2.02. The van der Waals surface area contributed by atoms with Crippen LogP contribution in [0, 0.1) is 0 Å². The summed E-state index contributed by atoms with van der Waals surface area (Å²) >= 11 is 1.51. The van der Waals surface area contributed by atoms with Crippen LogP contribution in [0.2, 0.25) is 0 Å². The molecule has 1 aromatic rings. The molecular formula is C14H19NO4S. The summed E-state index contributed by atoms with van der Waals surface area (Å²) in [6, 6.07) is 7.26. The van der Waals surface area contributed by atoms with E-state index in [0.29, 0.717) is 24.5 Å². The molecule has 0 bridgehead atoms. The number of benzene rings is 1. The summed E-state index contributed by atoms with van der Waals surface area (Å²) in [6.07, 6.45) is 0.548. The smallest absolute Gasteiger partial charge is 0.303 e. The van der Waals surface area contributed by atoms with E-state index in [-0.39, 0.29) is 12.3 Å². The summed E-state index contributed by atoms with van der Waals surface area (Å²) in [5.41, 5.74) is 1.60.